The zero-order valence-corrected chi connectivity index (χ0v) is 13.9. The molecule has 0 aliphatic carbocycles. The number of carbonyl (C=O) groups excluding carboxylic acids is 1. The number of imidazole rings is 1. The second-order valence-electron chi connectivity index (χ2n) is 6.17. The first-order valence-corrected chi connectivity index (χ1v) is 8.34. The number of amides is 1. The van der Waals surface area contributed by atoms with Gasteiger partial charge in [-0.15, -0.1) is 0 Å². The molecule has 1 aromatic heterocycles. The van der Waals surface area contributed by atoms with Crippen LogP contribution < -0.4 is 0 Å². The molecule has 7 heteroatoms. The highest BCUT2D eigenvalue weighted by molar-refractivity contribution is 5.81. The third-order valence-corrected chi connectivity index (χ3v) is 4.44. The van der Waals surface area contributed by atoms with Gasteiger partial charge in [0, 0.05) is 32.7 Å². The van der Waals surface area contributed by atoms with Crippen LogP contribution in [0.5, 0.6) is 0 Å². The molecule has 1 unspecified atom stereocenters. The van der Waals surface area contributed by atoms with Crippen LogP contribution in [0, 0.1) is 11.3 Å². The zero-order valence-electron chi connectivity index (χ0n) is 13.9. The highest BCUT2D eigenvalue weighted by atomic mass is 16.3. The molecular weight excluding hydrogens is 318 g/mol. The number of carbonyl (C=O) groups is 1. The maximum Gasteiger partial charge on any atom is 0.257 e. The molecule has 1 fully saturated rings. The van der Waals surface area contributed by atoms with Crippen LogP contribution >= 0.6 is 0 Å². The molecule has 25 heavy (non-hydrogen) atoms. The van der Waals surface area contributed by atoms with E-state index in [0.29, 0.717) is 24.3 Å². The highest BCUT2D eigenvalue weighted by Gasteiger charge is 2.26. The molecule has 3 rings (SSSR count). The van der Waals surface area contributed by atoms with E-state index < -0.39 is 6.10 Å². The number of H-pyrrole nitrogens is 1. The first-order valence-electron chi connectivity index (χ1n) is 8.34. The van der Waals surface area contributed by atoms with Gasteiger partial charge in [-0.25, -0.2) is 4.98 Å². The molecule has 1 aromatic carbocycles. The lowest BCUT2D eigenvalue weighted by molar-refractivity contribution is -0.140. The summed E-state index contributed by atoms with van der Waals surface area (Å²) < 4.78 is 0. The van der Waals surface area contributed by atoms with Crippen molar-refractivity contribution in [2.45, 2.75) is 19.1 Å². The van der Waals surface area contributed by atoms with Gasteiger partial charge in [0.1, 0.15) is 0 Å². The lowest BCUT2D eigenvalue weighted by atomic mass is 10.1. The maximum absolute atomic E-state index is 12.5. The number of rotatable bonds is 4. The average molecular weight is 339 g/mol. The molecule has 2 heterocycles. The summed E-state index contributed by atoms with van der Waals surface area (Å²) in [5.74, 6) is -0.288. The summed E-state index contributed by atoms with van der Waals surface area (Å²) in [6.07, 6.45) is 2.59. The Kier molecular flexibility index (Phi) is 5.43. The van der Waals surface area contributed by atoms with E-state index in [4.69, 9.17) is 5.26 Å². The monoisotopic (exact) mass is 339 g/mol. The van der Waals surface area contributed by atoms with Crippen molar-refractivity contribution in [1.29, 1.82) is 5.26 Å². The number of aromatic amines is 1. The first-order chi connectivity index (χ1) is 12.2. The van der Waals surface area contributed by atoms with Crippen LogP contribution in [-0.2, 0) is 11.3 Å². The zero-order chi connectivity index (χ0) is 17.6. The second kappa shape index (κ2) is 7.92. The molecule has 1 aliphatic rings. The Morgan fingerprint density at radius 1 is 1.28 bits per heavy atom. The molecule has 7 nitrogen and oxygen atoms in total. The Morgan fingerprint density at radius 2 is 2.08 bits per heavy atom. The van der Waals surface area contributed by atoms with Crippen LogP contribution in [0.4, 0.5) is 0 Å². The van der Waals surface area contributed by atoms with Crippen molar-refractivity contribution in [3.63, 3.8) is 0 Å². The van der Waals surface area contributed by atoms with Crippen LogP contribution in [0.3, 0.4) is 0 Å². The van der Waals surface area contributed by atoms with E-state index in [1.54, 1.807) is 4.90 Å². The molecule has 1 atom stereocenters. The Labute approximate surface area is 146 Å². The van der Waals surface area contributed by atoms with Crippen LogP contribution in [0.25, 0.3) is 0 Å². The number of aromatic nitrogens is 2. The fraction of sp³-hybridized carbons (Fsp3) is 0.389. The number of hydrogen-bond donors (Lipinski definition) is 2. The van der Waals surface area contributed by atoms with E-state index in [1.807, 2.05) is 24.3 Å². The van der Waals surface area contributed by atoms with Crippen molar-refractivity contribution in [3.05, 3.63) is 53.6 Å². The summed E-state index contributed by atoms with van der Waals surface area (Å²) in [6, 6.07) is 9.70. The Bertz CT molecular complexity index is 736. The van der Waals surface area contributed by atoms with Crippen molar-refractivity contribution in [2.75, 3.05) is 26.2 Å². The van der Waals surface area contributed by atoms with E-state index in [2.05, 4.69) is 20.9 Å². The van der Waals surface area contributed by atoms with E-state index in [1.165, 1.54) is 12.5 Å². The number of aliphatic hydroxyl groups excluding tert-OH is 1. The number of benzene rings is 1. The van der Waals surface area contributed by atoms with Crippen LogP contribution in [0.15, 0.2) is 36.8 Å². The van der Waals surface area contributed by atoms with Crippen molar-refractivity contribution in [3.8, 4) is 6.07 Å². The molecule has 2 N–H and O–H groups in total. The molecule has 1 aliphatic heterocycles. The predicted octanol–water partition coefficient (Wildman–Crippen LogP) is 1.05. The standard InChI is InChI=1S/C18H21N5O2/c19-10-14-2-4-15(5-3-14)12-22-6-1-7-23(9-8-22)18(25)17(24)16-11-20-13-21-16/h2-5,11,13,17,24H,1,6-9,12H2,(H,20,21). The first kappa shape index (κ1) is 17.1. The van der Waals surface area contributed by atoms with Crippen LogP contribution in [-0.4, -0.2) is 57.0 Å². The van der Waals surface area contributed by atoms with Gasteiger partial charge >= 0.3 is 0 Å². The Hall–Kier alpha value is -2.69. The largest absolute Gasteiger partial charge is 0.377 e. The SMILES string of the molecule is N#Cc1ccc(CN2CCCN(C(=O)C(O)c3cnc[nH]3)CC2)cc1. The molecule has 0 radical (unpaired) electrons. The molecule has 0 bridgehead atoms. The molecule has 2 aromatic rings. The third kappa shape index (κ3) is 4.24. The predicted molar refractivity (Wildman–Crippen MR) is 91.2 cm³/mol. The Balaban J connectivity index is 1.56. The van der Waals surface area contributed by atoms with E-state index in [0.717, 1.165) is 31.6 Å². The van der Waals surface area contributed by atoms with Gasteiger partial charge in [-0.05, 0) is 24.1 Å². The van der Waals surface area contributed by atoms with Crippen molar-refractivity contribution in [2.24, 2.45) is 0 Å². The number of hydrogen-bond acceptors (Lipinski definition) is 5. The summed E-state index contributed by atoms with van der Waals surface area (Å²) in [4.78, 5) is 23.1. The van der Waals surface area contributed by atoms with E-state index in [-0.39, 0.29) is 5.91 Å². The van der Waals surface area contributed by atoms with Gasteiger partial charge in [-0.2, -0.15) is 5.26 Å². The summed E-state index contributed by atoms with van der Waals surface area (Å²) in [7, 11) is 0. The molecule has 130 valence electrons. The molecule has 1 amide bonds. The smallest absolute Gasteiger partial charge is 0.257 e. The number of nitriles is 1. The molecular formula is C18H21N5O2. The van der Waals surface area contributed by atoms with Crippen molar-refractivity contribution >= 4 is 5.91 Å². The lowest BCUT2D eigenvalue weighted by Gasteiger charge is -2.23. The minimum absolute atomic E-state index is 0.288. The van der Waals surface area contributed by atoms with Gasteiger partial charge in [0.15, 0.2) is 6.10 Å². The summed E-state index contributed by atoms with van der Waals surface area (Å²) in [6.45, 7) is 3.65. The summed E-state index contributed by atoms with van der Waals surface area (Å²) >= 11 is 0. The lowest BCUT2D eigenvalue weighted by Crippen LogP contribution is -2.38. The summed E-state index contributed by atoms with van der Waals surface area (Å²) in [5, 5.41) is 19.0. The average Bonchev–Trinajstić information content (AvgIpc) is 3.08. The molecule has 1 saturated heterocycles. The Morgan fingerprint density at radius 3 is 2.76 bits per heavy atom. The topological polar surface area (TPSA) is 96.2 Å². The minimum atomic E-state index is -1.19. The van der Waals surface area contributed by atoms with Gasteiger partial charge < -0.3 is 15.0 Å². The summed E-state index contributed by atoms with van der Waals surface area (Å²) in [5.41, 5.74) is 2.23. The highest BCUT2D eigenvalue weighted by Crippen LogP contribution is 2.15. The van der Waals surface area contributed by atoms with E-state index >= 15 is 0 Å². The van der Waals surface area contributed by atoms with Crippen molar-refractivity contribution < 1.29 is 9.90 Å². The second-order valence-corrected chi connectivity index (χ2v) is 6.17. The van der Waals surface area contributed by atoms with Gasteiger partial charge in [-0.1, -0.05) is 12.1 Å². The fourth-order valence-electron chi connectivity index (χ4n) is 3.01. The quantitative estimate of drug-likeness (QED) is 0.868. The fourth-order valence-corrected chi connectivity index (χ4v) is 3.01. The van der Waals surface area contributed by atoms with Gasteiger partial charge in [0.05, 0.1) is 29.9 Å². The van der Waals surface area contributed by atoms with Crippen LogP contribution in [0.1, 0.15) is 29.3 Å². The number of aliphatic hydroxyl groups is 1. The maximum atomic E-state index is 12.5. The third-order valence-electron chi connectivity index (χ3n) is 4.44. The van der Waals surface area contributed by atoms with E-state index in [9.17, 15) is 9.90 Å². The number of nitrogens with one attached hydrogen (secondary N) is 1. The van der Waals surface area contributed by atoms with Gasteiger partial charge in [-0.3, -0.25) is 9.69 Å². The van der Waals surface area contributed by atoms with Crippen LogP contribution in [0.2, 0.25) is 0 Å². The van der Waals surface area contributed by atoms with Gasteiger partial charge in [0.25, 0.3) is 5.91 Å². The molecule has 0 saturated carbocycles. The molecule has 0 spiro atoms. The van der Waals surface area contributed by atoms with Crippen molar-refractivity contribution in [1.82, 2.24) is 19.8 Å². The number of nitrogens with zero attached hydrogens (tertiary/aromatic N) is 4. The minimum Gasteiger partial charge on any atom is -0.377 e. The normalized spacial score (nSPS) is 16.9. The van der Waals surface area contributed by atoms with Gasteiger partial charge in [0.2, 0.25) is 0 Å².